The van der Waals surface area contributed by atoms with E-state index < -0.39 is 0 Å². The van der Waals surface area contributed by atoms with E-state index in [1.165, 1.54) is 38.5 Å². The number of hydrogen-bond donors (Lipinski definition) is 1. The first kappa shape index (κ1) is 12.5. The van der Waals surface area contributed by atoms with Crippen molar-refractivity contribution in [3.8, 4) is 0 Å². The predicted octanol–water partition coefficient (Wildman–Crippen LogP) is 3.26. The molecule has 0 saturated heterocycles. The largest absolute Gasteiger partial charge is 0.352 e. The van der Waals surface area contributed by atoms with Gasteiger partial charge in [-0.1, -0.05) is 25.7 Å². The molecule has 0 aromatic carbocycles. The molecule has 0 aliphatic heterocycles. The van der Waals surface area contributed by atoms with Gasteiger partial charge in [0.15, 0.2) is 0 Å². The SMILES string of the molecule is CC(C)(C)NC(=O)CC1CCCCCC1. The second kappa shape index (κ2) is 5.53. The molecule has 0 radical (unpaired) electrons. The molecule has 1 aliphatic carbocycles. The van der Waals surface area contributed by atoms with Crippen LogP contribution in [0.3, 0.4) is 0 Å². The predicted molar refractivity (Wildman–Crippen MR) is 63.7 cm³/mol. The lowest BCUT2D eigenvalue weighted by atomic mass is 9.95. The summed E-state index contributed by atoms with van der Waals surface area (Å²) in [5.74, 6) is 0.865. The van der Waals surface area contributed by atoms with Gasteiger partial charge in [0.05, 0.1) is 0 Å². The quantitative estimate of drug-likeness (QED) is 0.698. The lowest BCUT2D eigenvalue weighted by Gasteiger charge is -2.22. The van der Waals surface area contributed by atoms with E-state index in [1.54, 1.807) is 0 Å². The monoisotopic (exact) mass is 211 g/mol. The van der Waals surface area contributed by atoms with Crippen molar-refractivity contribution in [2.45, 2.75) is 71.3 Å². The highest BCUT2D eigenvalue weighted by Crippen LogP contribution is 2.25. The van der Waals surface area contributed by atoms with E-state index in [-0.39, 0.29) is 11.4 Å². The van der Waals surface area contributed by atoms with Crippen molar-refractivity contribution in [3.05, 3.63) is 0 Å². The summed E-state index contributed by atoms with van der Waals surface area (Å²) < 4.78 is 0. The highest BCUT2D eigenvalue weighted by Gasteiger charge is 2.19. The summed E-state index contributed by atoms with van der Waals surface area (Å²) in [5.41, 5.74) is -0.0815. The first-order chi connectivity index (χ1) is 6.97. The summed E-state index contributed by atoms with van der Waals surface area (Å²) in [5, 5.41) is 3.05. The third kappa shape index (κ3) is 5.81. The molecular formula is C13H25NO. The molecule has 0 bridgehead atoms. The molecule has 0 unspecified atom stereocenters. The van der Waals surface area contributed by atoms with Gasteiger partial charge < -0.3 is 5.32 Å². The molecule has 0 aromatic heterocycles. The maximum Gasteiger partial charge on any atom is 0.220 e. The van der Waals surface area contributed by atoms with Crippen molar-refractivity contribution in [1.29, 1.82) is 0 Å². The second-order valence-corrected chi connectivity index (χ2v) is 5.86. The summed E-state index contributed by atoms with van der Waals surface area (Å²) in [4.78, 5) is 11.7. The topological polar surface area (TPSA) is 29.1 Å². The summed E-state index contributed by atoms with van der Waals surface area (Å²) >= 11 is 0. The molecule has 1 rings (SSSR count). The summed E-state index contributed by atoms with van der Waals surface area (Å²) in [6.07, 6.45) is 8.57. The Morgan fingerprint density at radius 1 is 1.13 bits per heavy atom. The second-order valence-electron chi connectivity index (χ2n) is 5.86. The maximum atomic E-state index is 11.7. The fourth-order valence-corrected chi connectivity index (χ4v) is 2.30. The van der Waals surface area contributed by atoms with Crippen molar-refractivity contribution in [1.82, 2.24) is 5.32 Å². The van der Waals surface area contributed by atoms with Crippen LogP contribution in [0.25, 0.3) is 0 Å². The lowest BCUT2D eigenvalue weighted by Crippen LogP contribution is -2.41. The van der Waals surface area contributed by atoms with E-state index >= 15 is 0 Å². The fraction of sp³-hybridized carbons (Fsp3) is 0.923. The normalized spacial score (nSPS) is 19.7. The van der Waals surface area contributed by atoms with Crippen LogP contribution in [0.5, 0.6) is 0 Å². The van der Waals surface area contributed by atoms with Crippen LogP contribution in [0.15, 0.2) is 0 Å². The van der Waals surface area contributed by atoms with Crippen molar-refractivity contribution in [2.24, 2.45) is 5.92 Å². The molecule has 0 atom stereocenters. The van der Waals surface area contributed by atoms with E-state index in [2.05, 4.69) is 5.32 Å². The zero-order valence-corrected chi connectivity index (χ0v) is 10.4. The average molecular weight is 211 g/mol. The van der Waals surface area contributed by atoms with Gasteiger partial charge in [-0.05, 0) is 39.5 Å². The van der Waals surface area contributed by atoms with Gasteiger partial charge in [-0.15, -0.1) is 0 Å². The van der Waals surface area contributed by atoms with Gasteiger partial charge in [0.25, 0.3) is 0 Å². The smallest absolute Gasteiger partial charge is 0.220 e. The number of nitrogens with one attached hydrogen (secondary N) is 1. The molecule has 1 fully saturated rings. The molecule has 1 N–H and O–H groups in total. The molecule has 88 valence electrons. The minimum Gasteiger partial charge on any atom is -0.352 e. The molecule has 2 heteroatoms. The van der Waals surface area contributed by atoms with Gasteiger partial charge in [-0.3, -0.25) is 4.79 Å². The maximum absolute atomic E-state index is 11.7. The highest BCUT2D eigenvalue weighted by atomic mass is 16.1. The van der Waals surface area contributed by atoms with E-state index in [4.69, 9.17) is 0 Å². The van der Waals surface area contributed by atoms with Crippen LogP contribution >= 0.6 is 0 Å². The van der Waals surface area contributed by atoms with Crippen molar-refractivity contribution in [2.75, 3.05) is 0 Å². The van der Waals surface area contributed by atoms with Gasteiger partial charge >= 0.3 is 0 Å². The molecular weight excluding hydrogens is 186 g/mol. The standard InChI is InChI=1S/C13H25NO/c1-13(2,3)14-12(15)10-11-8-6-4-5-7-9-11/h11H,4-10H2,1-3H3,(H,14,15). The Bertz CT molecular complexity index is 197. The third-order valence-electron chi connectivity index (χ3n) is 2.96. The zero-order valence-electron chi connectivity index (χ0n) is 10.4. The Kier molecular flexibility index (Phi) is 4.62. The zero-order chi connectivity index (χ0) is 11.3. The number of hydrogen-bond acceptors (Lipinski definition) is 1. The van der Waals surface area contributed by atoms with Crippen LogP contribution in [0.2, 0.25) is 0 Å². The molecule has 0 spiro atoms. The molecule has 15 heavy (non-hydrogen) atoms. The molecule has 2 nitrogen and oxygen atoms in total. The molecule has 1 amide bonds. The highest BCUT2D eigenvalue weighted by molar-refractivity contribution is 5.76. The summed E-state index contributed by atoms with van der Waals surface area (Å²) in [6.45, 7) is 6.12. The van der Waals surface area contributed by atoms with Gasteiger partial charge in [0.1, 0.15) is 0 Å². The van der Waals surface area contributed by atoms with Gasteiger partial charge in [0, 0.05) is 12.0 Å². The minimum atomic E-state index is -0.0815. The van der Waals surface area contributed by atoms with E-state index in [0.29, 0.717) is 5.92 Å². The van der Waals surface area contributed by atoms with Crippen molar-refractivity contribution < 1.29 is 4.79 Å². The van der Waals surface area contributed by atoms with Gasteiger partial charge in [-0.25, -0.2) is 0 Å². The minimum absolute atomic E-state index is 0.0815. The Labute approximate surface area is 93.8 Å². The van der Waals surface area contributed by atoms with Crippen LogP contribution in [0.4, 0.5) is 0 Å². The number of carbonyl (C=O) groups is 1. The van der Waals surface area contributed by atoms with Gasteiger partial charge in [0.2, 0.25) is 5.91 Å². The Hall–Kier alpha value is -0.530. The first-order valence-electron chi connectivity index (χ1n) is 6.28. The van der Waals surface area contributed by atoms with Crippen LogP contribution in [-0.2, 0) is 4.79 Å². The Morgan fingerprint density at radius 2 is 1.67 bits per heavy atom. The molecule has 1 saturated carbocycles. The number of carbonyl (C=O) groups excluding carboxylic acids is 1. The van der Waals surface area contributed by atoms with E-state index in [0.717, 1.165) is 6.42 Å². The van der Waals surface area contributed by atoms with Crippen LogP contribution in [-0.4, -0.2) is 11.4 Å². The van der Waals surface area contributed by atoms with Crippen molar-refractivity contribution in [3.63, 3.8) is 0 Å². The molecule has 1 aliphatic rings. The number of rotatable bonds is 2. The summed E-state index contributed by atoms with van der Waals surface area (Å²) in [6, 6.07) is 0. The van der Waals surface area contributed by atoms with Crippen LogP contribution in [0, 0.1) is 5.92 Å². The van der Waals surface area contributed by atoms with Crippen molar-refractivity contribution >= 4 is 5.91 Å². The summed E-state index contributed by atoms with van der Waals surface area (Å²) in [7, 11) is 0. The van der Waals surface area contributed by atoms with Crippen LogP contribution < -0.4 is 5.32 Å². The third-order valence-corrected chi connectivity index (χ3v) is 2.96. The molecule has 0 aromatic rings. The molecule has 0 heterocycles. The van der Waals surface area contributed by atoms with Gasteiger partial charge in [-0.2, -0.15) is 0 Å². The average Bonchev–Trinajstić information content (AvgIpc) is 2.28. The van der Waals surface area contributed by atoms with E-state index in [1.807, 2.05) is 20.8 Å². The fourth-order valence-electron chi connectivity index (χ4n) is 2.30. The Morgan fingerprint density at radius 3 is 2.13 bits per heavy atom. The lowest BCUT2D eigenvalue weighted by molar-refractivity contribution is -0.123. The first-order valence-corrected chi connectivity index (χ1v) is 6.28. The Balaban J connectivity index is 2.30. The number of amides is 1. The van der Waals surface area contributed by atoms with Crippen LogP contribution in [0.1, 0.15) is 65.7 Å². The van der Waals surface area contributed by atoms with E-state index in [9.17, 15) is 4.79 Å².